The first kappa shape index (κ1) is 24.1. The van der Waals surface area contributed by atoms with Gasteiger partial charge in [0.1, 0.15) is 0 Å². The van der Waals surface area contributed by atoms with Crippen LogP contribution in [0.4, 0.5) is 5.69 Å². The summed E-state index contributed by atoms with van der Waals surface area (Å²) in [4.78, 5) is 7.31. The third-order valence-corrected chi connectivity index (χ3v) is 5.69. The molecule has 0 aromatic heterocycles. The zero-order chi connectivity index (χ0) is 22.4. The number of nitrogens with one attached hydrogen (secondary N) is 3. The van der Waals surface area contributed by atoms with Gasteiger partial charge in [-0.15, -0.1) is 0 Å². The molecule has 0 unspecified atom stereocenters. The average Bonchev–Trinajstić information content (AvgIpc) is 2.83. The molecule has 1 saturated heterocycles. The molecule has 1 aliphatic heterocycles. The summed E-state index contributed by atoms with van der Waals surface area (Å²) in [6.07, 6.45) is 4.06. The van der Waals surface area contributed by atoms with Gasteiger partial charge in [-0.3, -0.25) is 4.90 Å². The lowest BCUT2D eigenvalue weighted by Gasteiger charge is -2.26. The van der Waals surface area contributed by atoms with E-state index >= 15 is 0 Å². The average molecular weight is 438 g/mol. The van der Waals surface area contributed by atoms with Crippen molar-refractivity contribution in [2.24, 2.45) is 4.99 Å². The lowest BCUT2D eigenvalue weighted by atomic mass is 10.1. The Morgan fingerprint density at radius 1 is 0.906 bits per heavy atom. The molecular weight excluding hydrogens is 398 g/mol. The molecule has 1 fully saturated rings. The van der Waals surface area contributed by atoms with Crippen LogP contribution in [0.2, 0.25) is 0 Å². The predicted octanol–water partition coefficient (Wildman–Crippen LogP) is 3.99. The fourth-order valence-corrected chi connectivity index (χ4v) is 3.86. The number of anilines is 1. The van der Waals surface area contributed by atoms with Crippen molar-refractivity contribution in [1.82, 2.24) is 15.5 Å². The molecule has 3 N–H and O–H groups in total. The van der Waals surface area contributed by atoms with E-state index in [1.807, 2.05) is 0 Å². The van der Waals surface area contributed by atoms with E-state index in [-0.39, 0.29) is 0 Å². The third-order valence-electron chi connectivity index (χ3n) is 5.69. The van der Waals surface area contributed by atoms with Crippen LogP contribution in [0.25, 0.3) is 0 Å². The van der Waals surface area contributed by atoms with Crippen LogP contribution in [-0.4, -0.2) is 50.8 Å². The summed E-state index contributed by atoms with van der Waals surface area (Å²) in [5.74, 6) is 0.840. The second-order valence-electron chi connectivity index (χ2n) is 8.32. The first-order valence-electron chi connectivity index (χ1n) is 11.9. The van der Waals surface area contributed by atoms with E-state index in [1.54, 1.807) is 7.11 Å². The highest BCUT2D eigenvalue weighted by atomic mass is 16.5. The van der Waals surface area contributed by atoms with Crippen molar-refractivity contribution < 1.29 is 4.74 Å². The number of nitrogens with zero attached hydrogens (tertiary/aromatic N) is 2. The van der Waals surface area contributed by atoms with Crippen molar-refractivity contribution >= 4 is 11.6 Å². The quantitative estimate of drug-likeness (QED) is 0.282. The second kappa shape index (κ2) is 13.8. The Bertz CT molecular complexity index is 798. The van der Waals surface area contributed by atoms with Crippen molar-refractivity contribution in [1.29, 1.82) is 0 Å². The molecular formula is C26H39N5O. The Balaban J connectivity index is 1.47. The van der Waals surface area contributed by atoms with Gasteiger partial charge in [-0.1, -0.05) is 42.8 Å². The number of guanidine groups is 1. The summed E-state index contributed by atoms with van der Waals surface area (Å²) in [5.41, 5.74) is 4.95. The minimum atomic E-state index is 0.641. The van der Waals surface area contributed by atoms with Crippen LogP contribution in [0.3, 0.4) is 0 Å². The second-order valence-corrected chi connectivity index (χ2v) is 8.32. The first-order chi connectivity index (χ1) is 15.8. The topological polar surface area (TPSA) is 60.9 Å². The maximum atomic E-state index is 5.07. The van der Waals surface area contributed by atoms with E-state index < -0.39 is 0 Å². The minimum Gasteiger partial charge on any atom is -0.383 e. The summed E-state index contributed by atoms with van der Waals surface area (Å²) in [7, 11) is 1.71. The SMILES string of the molecule is CCNC(=NCc1ccc(NCCOC)cc1)NCc1ccc(CN2CCCCC2)cc1. The minimum absolute atomic E-state index is 0.641. The molecule has 2 aromatic rings. The zero-order valence-electron chi connectivity index (χ0n) is 19.7. The molecule has 32 heavy (non-hydrogen) atoms. The molecule has 0 bridgehead atoms. The van der Waals surface area contributed by atoms with Crippen LogP contribution < -0.4 is 16.0 Å². The number of hydrogen-bond donors (Lipinski definition) is 3. The van der Waals surface area contributed by atoms with Crippen molar-refractivity contribution in [2.45, 2.75) is 45.8 Å². The molecule has 0 radical (unpaired) electrons. The van der Waals surface area contributed by atoms with E-state index in [0.29, 0.717) is 13.2 Å². The summed E-state index contributed by atoms with van der Waals surface area (Å²) < 4.78 is 5.07. The molecule has 1 aliphatic rings. The maximum absolute atomic E-state index is 5.07. The smallest absolute Gasteiger partial charge is 0.191 e. The molecule has 174 valence electrons. The highest BCUT2D eigenvalue weighted by molar-refractivity contribution is 5.79. The van der Waals surface area contributed by atoms with Crippen LogP contribution in [0.5, 0.6) is 0 Å². The molecule has 6 heteroatoms. The standard InChI is InChI=1S/C26H39N5O/c1-3-27-26(30-20-23-11-13-25(14-12-23)28-15-18-32-2)29-19-22-7-9-24(10-8-22)21-31-16-5-4-6-17-31/h7-14,28H,3-6,15-21H2,1-2H3,(H2,27,29,30). The van der Waals surface area contributed by atoms with Crippen molar-refractivity contribution in [2.75, 3.05) is 45.2 Å². The Morgan fingerprint density at radius 2 is 1.59 bits per heavy atom. The lowest BCUT2D eigenvalue weighted by molar-refractivity contribution is 0.211. The lowest BCUT2D eigenvalue weighted by Crippen LogP contribution is -2.36. The monoisotopic (exact) mass is 437 g/mol. The van der Waals surface area contributed by atoms with E-state index in [4.69, 9.17) is 9.73 Å². The van der Waals surface area contributed by atoms with Crippen molar-refractivity contribution in [3.8, 4) is 0 Å². The molecule has 0 spiro atoms. The molecule has 0 saturated carbocycles. The van der Waals surface area contributed by atoms with Gasteiger partial charge in [0.05, 0.1) is 13.2 Å². The maximum Gasteiger partial charge on any atom is 0.191 e. The van der Waals surface area contributed by atoms with E-state index in [0.717, 1.165) is 37.8 Å². The van der Waals surface area contributed by atoms with Gasteiger partial charge in [0.25, 0.3) is 0 Å². The number of aliphatic imine (C=N–C) groups is 1. The van der Waals surface area contributed by atoms with Gasteiger partial charge in [0, 0.05) is 39.0 Å². The van der Waals surface area contributed by atoms with Crippen LogP contribution in [0.15, 0.2) is 53.5 Å². The van der Waals surface area contributed by atoms with Crippen molar-refractivity contribution in [3.05, 3.63) is 65.2 Å². The fraction of sp³-hybridized carbons (Fsp3) is 0.500. The first-order valence-corrected chi connectivity index (χ1v) is 11.9. The third kappa shape index (κ3) is 8.52. The van der Waals surface area contributed by atoms with Gasteiger partial charge >= 0.3 is 0 Å². The van der Waals surface area contributed by atoms with E-state index in [9.17, 15) is 0 Å². The molecule has 3 rings (SSSR count). The Kier molecular flexibility index (Phi) is 10.4. The zero-order valence-corrected chi connectivity index (χ0v) is 19.7. The van der Waals surface area contributed by atoms with Gasteiger partial charge in [-0.25, -0.2) is 4.99 Å². The van der Waals surface area contributed by atoms with Gasteiger partial charge in [0.15, 0.2) is 5.96 Å². The Labute approximate surface area is 193 Å². The van der Waals surface area contributed by atoms with Crippen LogP contribution in [-0.2, 0) is 24.4 Å². The van der Waals surface area contributed by atoms with Crippen LogP contribution in [0, 0.1) is 0 Å². The Morgan fingerprint density at radius 3 is 2.28 bits per heavy atom. The molecule has 0 amide bonds. The summed E-state index contributed by atoms with van der Waals surface area (Å²) in [6, 6.07) is 17.4. The molecule has 2 aromatic carbocycles. The number of hydrogen-bond acceptors (Lipinski definition) is 4. The Hall–Kier alpha value is -2.57. The fourth-order valence-electron chi connectivity index (χ4n) is 3.86. The van der Waals surface area contributed by atoms with E-state index in [2.05, 4.69) is 76.3 Å². The number of piperidine rings is 1. The van der Waals surface area contributed by atoms with E-state index in [1.165, 1.54) is 49.0 Å². The summed E-state index contributed by atoms with van der Waals surface area (Å²) in [6.45, 7) is 9.37. The van der Waals surface area contributed by atoms with Gasteiger partial charge < -0.3 is 20.7 Å². The van der Waals surface area contributed by atoms with Crippen LogP contribution in [0.1, 0.15) is 42.9 Å². The molecule has 6 nitrogen and oxygen atoms in total. The highest BCUT2D eigenvalue weighted by Crippen LogP contribution is 2.14. The number of methoxy groups -OCH3 is 1. The predicted molar refractivity (Wildman–Crippen MR) is 134 cm³/mol. The number of rotatable bonds is 11. The molecule has 1 heterocycles. The van der Waals surface area contributed by atoms with Crippen LogP contribution >= 0.6 is 0 Å². The van der Waals surface area contributed by atoms with Gasteiger partial charge in [-0.2, -0.15) is 0 Å². The highest BCUT2D eigenvalue weighted by Gasteiger charge is 2.10. The molecule has 0 aliphatic carbocycles. The number of likely N-dealkylation sites (tertiary alicyclic amines) is 1. The van der Waals surface area contributed by atoms with Gasteiger partial charge in [-0.05, 0) is 61.7 Å². The summed E-state index contributed by atoms with van der Waals surface area (Å²) in [5, 5.41) is 10.1. The molecule has 0 atom stereocenters. The number of ether oxygens (including phenoxy) is 1. The van der Waals surface area contributed by atoms with Gasteiger partial charge in [0.2, 0.25) is 0 Å². The number of benzene rings is 2. The normalized spacial score (nSPS) is 14.9. The largest absolute Gasteiger partial charge is 0.383 e. The van der Waals surface area contributed by atoms with Crippen molar-refractivity contribution in [3.63, 3.8) is 0 Å². The summed E-state index contributed by atoms with van der Waals surface area (Å²) >= 11 is 0.